The molecular weight excluding hydrogens is 1010 g/mol. The van der Waals surface area contributed by atoms with Crippen LogP contribution in [-0.2, 0) is 45.7 Å². The molecule has 4 N–H and O–H groups in total. The summed E-state index contributed by atoms with van der Waals surface area (Å²) in [7, 11) is -6.12. The number of oxime groups is 1. The lowest BCUT2D eigenvalue weighted by Gasteiger charge is -2.30. The summed E-state index contributed by atoms with van der Waals surface area (Å²) in [5.74, 6) is -3.54. The van der Waals surface area contributed by atoms with Gasteiger partial charge >= 0.3 is 17.7 Å². The molecule has 1 heterocycles. The van der Waals surface area contributed by atoms with Gasteiger partial charge in [-0.1, -0.05) is 143 Å². The molecule has 1 aromatic heterocycles. The zero-order chi connectivity index (χ0) is 51.4. The van der Waals surface area contributed by atoms with Gasteiger partial charge < -0.3 is 20.4 Å². The number of rotatable bonds is 16. The molecule has 21 heteroatoms. The molecule has 372 valence electrons. The number of carbonyl (C=O) groups is 2. The summed E-state index contributed by atoms with van der Waals surface area (Å²) in [6.07, 6.45) is 0.401. The van der Waals surface area contributed by atoms with Crippen molar-refractivity contribution in [1.29, 1.82) is 0 Å². The molecule has 4 atom stereocenters. The van der Waals surface area contributed by atoms with E-state index < -0.39 is 73.7 Å². The number of benzene rings is 6. The number of hydrogen-bond donors (Lipinski definition) is 3. The second-order valence-corrected chi connectivity index (χ2v) is 21.5. The Labute approximate surface area is 424 Å². The number of hydrogen-bond acceptors (Lipinski definition) is 13. The number of carbonyl (C=O) groups excluding carboxylic acids is 2. The van der Waals surface area contributed by atoms with Crippen molar-refractivity contribution in [3.05, 3.63) is 195 Å². The van der Waals surface area contributed by atoms with Gasteiger partial charge in [0, 0.05) is 21.9 Å². The number of nitrogens with one attached hydrogen (secondary N) is 1. The Kier molecular flexibility index (Phi) is 14.9. The van der Waals surface area contributed by atoms with Crippen molar-refractivity contribution in [2.45, 2.75) is 52.1 Å². The maximum atomic E-state index is 14.1. The lowest BCUT2D eigenvalue weighted by molar-refractivity contribution is -0.147. The molecule has 2 saturated carbocycles. The van der Waals surface area contributed by atoms with E-state index in [1.54, 1.807) is 48.5 Å². The predicted octanol–water partition coefficient (Wildman–Crippen LogP) is 7.82. The van der Waals surface area contributed by atoms with Gasteiger partial charge in [-0.2, -0.15) is 8.61 Å². The number of H-pyrrole nitrogens is 1. The van der Waals surface area contributed by atoms with Gasteiger partial charge in [0.2, 0.25) is 20.0 Å². The number of sulfonamides is 2. The Hall–Kier alpha value is -7.13. The van der Waals surface area contributed by atoms with E-state index in [0.717, 1.165) is 42.0 Å². The molecule has 6 aromatic carbocycles. The first-order chi connectivity index (χ1) is 34.5. The third-order valence-corrected chi connectivity index (χ3v) is 17.0. The zero-order valence-electron chi connectivity index (χ0n) is 38.5. The smallest absolute Gasteiger partial charge is 0.438 e. The minimum absolute atomic E-state index is 0.0296. The first-order valence-electron chi connectivity index (χ1n) is 22.0. The first-order valence-corrected chi connectivity index (χ1v) is 25.7. The minimum atomic E-state index is -4.28. The van der Waals surface area contributed by atoms with Gasteiger partial charge in [0.05, 0.1) is 37.1 Å². The van der Waals surface area contributed by atoms with Gasteiger partial charge in [0.25, 0.3) is 0 Å². The molecule has 0 amide bonds. The Bertz CT molecular complexity index is 3380. The maximum absolute atomic E-state index is 14.1. The number of methoxy groups -OCH3 is 2. The van der Waals surface area contributed by atoms with Crippen molar-refractivity contribution in [1.82, 2.24) is 18.8 Å². The molecule has 0 spiro atoms. The Morgan fingerprint density at radius 3 is 1.40 bits per heavy atom. The number of amidine groups is 1. The summed E-state index contributed by atoms with van der Waals surface area (Å²) in [5.41, 5.74) is 7.58. The molecule has 9 rings (SSSR count). The van der Waals surface area contributed by atoms with E-state index in [1.165, 1.54) is 38.5 Å². The average molecular weight is 1050 g/mol. The van der Waals surface area contributed by atoms with Crippen LogP contribution in [0.15, 0.2) is 182 Å². The normalized spacial score (nSPS) is 19.5. The molecule has 17 nitrogen and oxygen atoms in total. The van der Waals surface area contributed by atoms with E-state index in [-0.39, 0.29) is 34.3 Å². The topological polar surface area (TPSA) is 245 Å². The Morgan fingerprint density at radius 2 is 1.04 bits per heavy atom. The number of halogens is 2. The van der Waals surface area contributed by atoms with Crippen molar-refractivity contribution in [3.63, 3.8) is 0 Å². The molecule has 0 bridgehead atoms. The van der Waals surface area contributed by atoms with Crippen LogP contribution in [0.3, 0.4) is 0 Å². The summed E-state index contributed by atoms with van der Waals surface area (Å²) in [5, 5.41) is 17.0. The number of esters is 2. The summed E-state index contributed by atoms with van der Waals surface area (Å²) in [4.78, 5) is 40.1. The molecule has 72 heavy (non-hydrogen) atoms. The standard InChI is InChI=1S/C26H22ClN3O6S.C25H24ClN3O5S/c1-35-24(31)26(15-22(26)19-5-3-2-4-6-19)30(16-23-28-25(32)36-29-23)37(33,34)21-13-9-18(10-14-21)17-7-11-20(27)12-8-17;1-34-24(30)25(15-22(25)19-5-3-2-4-6-19)29(16-23(27)28-31)35(32,33)21-13-9-18(10-14-21)17-7-11-20(26)12-8-17/h2-14,22H,15-16H2,1H3,(H,28,29,32);2-14,22,31H,15-16H2,1H3,(H2,27,28). The fraction of sp³-hybridized carbons (Fsp3) is 0.196. The second kappa shape index (κ2) is 20.9. The third kappa shape index (κ3) is 10.2. The van der Waals surface area contributed by atoms with Crippen LogP contribution in [-0.4, -0.2) is 90.4 Å². The molecule has 2 fully saturated rings. The highest BCUT2D eigenvalue weighted by Crippen LogP contribution is 2.59. The molecule has 7 aromatic rings. The van der Waals surface area contributed by atoms with Crippen molar-refractivity contribution in [2.24, 2.45) is 10.9 Å². The van der Waals surface area contributed by atoms with Crippen LogP contribution in [0.25, 0.3) is 22.3 Å². The van der Waals surface area contributed by atoms with Gasteiger partial charge in [0.1, 0.15) is 11.1 Å². The number of aromatic amines is 1. The van der Waals surface area contributed by atoms with Crippen LogP contribution in [0.5, 0.6) is 0 Å². The second-order valence-electron chi connectivity index (χ2n) is 16.9. The highest BCUT2D eigenvalue weighted by molar-refractivity contribution is 7.89. The number of aromatic nitrogens is 2. The largest absolute Gasteiger partial charge is 0.468 e. The number of ether oxygens (including phenoxy) is 2. The van der Waals surface area contributed by atoms with Gasteiger partial charge in [-0.15, -0.1) is 0 Å². The monoisotopic (exact) mass is 1050 g/mol. The number of nitrogens with two attached hydrogens (primary N) is 1. The molecule has 4 unspecified atom stereocenters. The highest BCUT2D eigenvalue weighted by Gasteiger charge is 2.69. The van der Waals surface area contributed by atoms with E-state index in [9.17, 15) is 36.4 Å². The van der Waals surface area contributed by atoms with Crippen LogP contribution in [0.1, 0.15) is 41.6 Å². The van der Waals surface area contributed by atoms with Crippen LogP contribution >= 0.6 is 23.2 Å². The fourth-order valence-electron chi connectivity index (χ4n) is 8.92. The van der Waals surface area contributed by atoms with E-state index in [0.29, 0.717) is 10.0 Å². The maximum Gasteiger partial charge on any atom is 0.438 e. The quantitative estimate of drug-likeness (QED) is 0.0275. The summed E-state index contributed by atoms with van der Waals surface area (Å²) >= 11 is 11.9. The predicted molar refractivity (Wildman–Crippen MR) is 268 cm³/mol. The SMILES string of the molecule is COC(=O)C1(N(CC(N)=NO)S(=O)(=O)c2ccc(-c3ccc(Cl)cc3)cc2)CC1c1ccccc1.COC(=O)C1(N(Cc2noc(=O)[nH]2)S(=O)(=O)c2ccc(-c3ccc(Cl)cc3)cc2)CC1c1ccccc1. The van der Waals surface area contributed by atoms with Gasteiger partial charge in [0.15, 0.2) is 11.7 Å². The summed E-state index contributed by atoms with van der Waals surface area (Å²) in [6, 6.07) is 45.1. The Morgan fingerprint density at radius 1 is 0.667 bits per heavy atom. The van der Waals surface area contributed by atoms with E-state index in [2.05, 4.69) is 19.8 Å². The Balaban J connectivity index is 0.000000193. The van der Waals surface area contributed by atoms with Crippen molar-refractivity contribution < 1.29 is 45.6 Å². The first kappa shape index (κ1) is 51.2. The van der Waals surface area contributed by atoms with Crippen molar-refractivity contribution in [3.8, 4) is 22.3 Å². The molecule has 0 aliphatic heterocycles. The minimum Gasteiger partial charge on any atom is -0.468 e. The van der Waals surface area contributed by atoms with Crippen LogP contribution < -0.4 is 11.5 Å². The molecule has 0 radical (unpaired) electrons. The highest BCUT2D eigenvalue weighted by atomic mass is 35.5. The van der Waals surface area contributed by atoms with E-state index >= 15 is 0 Å². The average Bonchev–Trinajstić information content (AvgIpc) is 4.31. The molecule has 0 saturated heterocycles. The van der Waals surface area contributed by atoms with Gasteiger partial charge in [-0.05, 0) is 94.8 Å². The van der Waals surface area contributed by atoms with E-state index in [1.807, 2.05) is 84.9 Å². The van der Waals surface area contributed by atoms with Crippen LogP contribution in [0.2, 0.25) is 10.0 Å². The van der Waals surface area contributed by atoms with Gasteiger partial charge in [-0.25, -0.2) is 31.2 Å². The molecule has 2 aliphatic carbocycles. The van der Waals surface area contributed by atoms with Crippen LogP contribution in [0, 0.1) is 0 Å². The molecular formula is C51H46Cl2N6O11S2. The fourth-order valence-corrected chi connectivity index (χ4v) is 12.6. The van der Waals surface area contributed by atoms with E-state index in [4.69, 9.17) is 38.4 Å². The van der Waals surface area contributed by atoms with Crippen molar-refractivity contribution in [2.75, 3.05) is 20.8 Å². The third-order valence-electron chi connectivity index (χ3n) is 12.7. The summed E-state index contributed by atoms with van der Waals surface area (Å²) < 4.78 is 72.6. The molecule has 2 aliphatic rings. The summed E-state index contributed by atoms with van der Waals surface area (Å²) in [6.45, 7) is -0.887. The number of nitrogens with zero attached hydrogens (tertiary/aromatic N) is 4. The lowest BCUT2D eigenvalue weighted by atomic mass is 10.1. The van der Waals surface area contributed by atoms with Crippen molar-refractivity contribution >= 4 is 61.0 Å². The van der Waals surface area contributed by atoms with Crippen LogP contribution in [0.4, 0.5) is 0 Å². The lowest BCUT2D eigenvalue weighted by Crippen LogP contribution is -2.52. The zero-order valence-corrected chi connectivity index (χ0v) is 41.6. The van der Waals surface area contributed by atoms with Gasteiger partial charge in [-0.3, -0.25) is 9.51 Å².